The van der Waals surface area contributed by atoms with Crippen LogP contribution in [0.15, 0.2) is 54.1 Å². The number of benzene rings is 1. The van der Waals surface area contributed by atoms with E-state index in [4.69, 9.17) is 33.2 Å². The summed E-state index contributed by atoms with van der Waals surface area (Å²) in [5, 5.41) is 27.0. The number of esters is 3. The first kappa shape index (κ1) is 44.7. The van der Waals surface area contributed by atoms with Crippen LogP contribution in [0.3, 0.4) is 0 Å². The highest BCUT2D eigenvalue weighted by molar-refractivity contribution is 5.89. The van der Waals surface area contributed by atoms with Gasteiger partial charge in [-0.05, 0) is 83.2 Å². The molecular formula is C45H63NO13. The second-order valence-corrected chi connectivity index (χ2v) is 19.3. The molecule has 5 aliphatic rings. The molecule has 0 aromatic heterocycles. The molecule has 14 nitrogen and oxygen atoms in total. The molecule has 2 saturated heterocycles. The van der Waals surface area contributed by atoms with E-state index in [0.717, 1.165) is 0 Å². The fourth-order valence-corrected chi connectivity index (χ4v) is 11.1. The van der Waals surface area contributed by atoms with Crippen LogP contribution >= 0.6 is 0 Å². The number of carbonyl (C=O) groups excluding carboxylic acids is 4. The van der Waals surface area contributed by atoms with Crippen molar-refractivity contribution in [2.75, 3.05) is 6.61 Å². The van der Waals surface area contributed by atoms with Crippen molar-refractivity contribution in [2.45, 2.75) is 161 Å². The lowest BCUT2D eigenvalue weighted by atomic mass is 9.49. The van der Waals surface area contributed by atoms with Gasteiger partial charge in [-0.25, -0.2) is 14.4 Å². The number of carbonyl (C=O) groups is 4. The second-order valence-electron chi connectivity index (χ2n) is 19.3. The molecule has 0 unspecified atom stereocenters. The van der Waals surface area contributed by atoms with E-state index in [0.29, 0.717) is 17.6 Å². The zero-order chi connectivity index (χ0) is 43.6. The van der Waals surface area contributed by atoms with Gasteiger partial charge in [-0.1, -0.05) is 52.5 Å². The number of fused-ring (bicyclic) bond motifs is 3. The van der Waals surface area contributed by atoms with E-state index in [1.165, 1.54) is 6.92 Å². The molecule has 1 aromatic carbocycles. The topological polar surface area (TPSA) is 185 Å². The van der Waals surface area contributed by atoms with Crippen molar-refractivity contribution in [3.63, 3.8) is 0 Å². The van der Waals surface area contributed by atoms with Crippen LogP contribution in [-0.4, -0.2) is 107 Å². The summed E-state index contributed by atoms with van der Waals surface area (Å²) in [6, 6.07) is 7.43. The Hall–Kier alpha value is -3.82. The lowest BCUT2D eigenvalue weighted by molar-refractivity contribution is -0.391. The summed E-state index contributed by atoms with van der Waals surface area (Å²) in [6.07, 6.45) is -5.55. The minimum Gasteiger partial charge on any atom is -0.457 e. The summed E-state index contributed by atoms with van der Waals surface area (Å²) in [6.45, 7) is 23.2. The Morgan fingerprint density at radius 2 is 1.71 bits per heavy atom. The van der Waals surface area contributed by atoms with E-state index in [1.807, 2.05) is 27.7 Å². The highest BCUT2D eigenvalue weighted by Gasteiger charge is 2.80. The summed E-state index contributed by atoms with van der Waals surface area (Å²) in [7, 11) is 0. The molecule has 2 saturated carbocycles. The van der Waals surface area contributed by atoms with Crippen molar-refractivity contribution in [2.24, 2.45) is 28.6 Å². The fourth-order valence-electron chi connectivity index (χ4n) is 11.1. The molecule has 3 aliphatic carbocycles. The largest absolute Gasteiger partial charge is 0.457 e. The fraction of sp³-hybridized carbons (Fsp3) is 0.689. The van der Waals surface area contributed by atoms with Crippen molar-refractivity contribution in [1.82, 2.24) is 5.32 Å². The van der Waals surface area contributed by atoms with Gasteiger partial charge in [0.05, 0.1) is 47.4 Å². The van der Waals surface area contributed by atoms with Gasteiger partial charge >= 0.3 is 24.0 Å². The predicted octanol–water partition coefficient (Wildman–Crippen LogP) is 5.57. The van der Waals surface area contributed by atoms with Gasteiger partial charge in [0.15, 0.2) is 18.0 Å². The van der Waals surface area contributed by atoms with Gasteiger partial charge in [0.1, 0.15) is 23.9 Å². The second kappa shape index (κ2) is 15.9. The van der Waals surface area contributed by atoms with Gasteiger partial charge in [0.25, 0.3) is 0 Å². The summed E-state index contributed by atoms with van der Waals surface area (Å²) >= 11 is 0. The van der Waals surface area contributed by atoms with Gasteiger partial charge in [0.2, 0.25) is 0 Å². The third kappa shape index (κ3) is 7.73. The van der Waals surface area contributed by atoms with Gasteiger partial charge in [-0.15, -0.1) is 0 Å². The monoisotopic (exact) mass is 825 g/mol. The normalized spacial score (nSPS) is 36.0. The zero-order valence-corrected chi connectivity index (χ0v) is 36.2. The maximum absolute atomic E-state index is 14.5. The minimum absolute atomic E-state index is 0.0118. The molecule has 326 valence electrons. The average molecular weight is 826 g/mol. The molecule has 0 radical (unpaired) electrons. The average Bonchev–Trinajstić information content (AvgIpc) is 3.39. The van der Waals surface area contributed by atoms with Gasteiger partial charge in [0, 0.05) is 31.1 Å². The smallest absolute Gasteiger partial charge is 0.407 e. The van der Waals surface area contributed by atoms with Crippen molar-refractivity contribution in [1.29, 1.82) is 0 Å². The third-order valence-electron chi connectivity index (χ3n) is 13.3. The molecule has 6 rings (SSSR count). The number of nitrogens with one attached hydrogen (secondary N) is 1. The number of aliphatic hydroxyl groups is 2. The van der Waals surface area contributed by atoms with Crippen molar-refractivity contribution in [3.8, 4) is 0 Å². The Morgan fingerprint density at radius 1 is 1.05 bits per heavy atom. The maximum Gasteiger partial charge on any atom is 0.407 e. The summed E-state index contributed by atoms with van der Waals surface area (Å²) < 4.78 is 44.4. The van der Waals surface area contributed by atoms with E-state index >= 15 is 0 Å². The Balaban J connectivity index is 1.52. The number of aliphatic hydroxyl groups excluding tert-OH is 1. The minimum atomic E-state index is -1.79. The number of ether oxygens (including phenoxy) is 7. The van der Waals surface area contributed by atoms with Crippen LogP contribution in [0.5, 0.6) is 0 Å². The van der Waals surface area contributed by atoms with Crippen molar-refractivity contribution < 1.29 is 62.5 Å². The number of hydrogen-bond acceptors (Lipinski definition) is 13. The molecule has 4 fully saturated rings. The Labute approximate surface area is 347 Å². The standard InChI is InChI=1S/C45H63NO13/c1-13-32-55-30-20-31-45(22-53-31,58-26(6)47)35-37(57-38(49)27-17-15-14-16-18-27)44(42(10,11)52)21-29(24(4)33(44)25(5)36(56-32)43(30,35)12)54-39(50)34(48)28(19-23(2)3)46-40(51)59-41(7,8)9/h13-18,23,25,28-32,34-37,48,52H,1,19-22H2,2-12H3,(H,46,51)/t25-,28-,29-,30-,31+,32-,34+,35-,36-,37-,43+,44-,45-/m0/s1. The Morgan fingerprint density at radius 3 is 2.25 bits per heavy atom. The van der Waals surface area contributed by atoms with Gasteiger partial charge in [-0.2, -0.15) is 0 Å². The van der Waals surface area contributed by atoms with Crippen LogP contribution in [0.1, 0.15) is 106 Å². The van der Waals surface area contributed by atoms with E-state index in [9.17, 15) is 29.4 Å². The summed E-state index contributed by atoms with van der Waals surface area (Å²) in [5.41, 5.74) is -4.92. The third-order valence-corrected chi connectivity index (χ3v) is 13.3. The van der Waals surface area contributed by atoms with E-state index < -0.39 is 112 Å². The molecular weight excluding hydrogens is 762 g/mol. The Bertz CT molecular complexity index is 1830. The molecule has 0 bridgehead atoms. The van der Waals surface area contributed by atoms with Crippen LogP contribution in [0.2, 0.25) is 0 Å². The highest BCUT2D eigenvalue weighted by Crippen LogP contribution is 2.70. The lowest BCUT2D eigenvalue weighted by Crippen LogP contribution is -2.80. The zero-order valence-electron chi connectivity index (χ0n) is 36.2. The quantitative estimate of drug-likeness (QED) is 0.143. The molecule has 1 amide bonds. The van der Waals surface area contributed by atoms with Crippen molar-refractivity contribution >= 4 is 24.0 Å². The molecule has 2 heterocycles. The van der Waals surface area contributed by atoms with E-state index in [2.05, 4.69) is 11.9 Å². The summed E-state index contributed by atoms with van der Waals surface area (Å²) in [5.74, 6) is -3.69. The first-order valence-electron chi connectivity index (χ1n) is 20.7. The molecule has 2 aliphatic heterocycles. The SMILES string of the molecule is C=C[C@H]1O[C@H]2C[C@H]3OC[C@@]3(OC(C)=O)[C@H]3[C@H](OC(=O)c4ccccc4)[C@]4(C(C)(C)O)C[C@H](OC(=O)[C@H](O)[C@H](CC(C)C)NC(=O)OC(C)(C)C)C(C)=C4[C@H](C)[C@H](O1)[C@]23C. The number of hydrogen-bond donors (Lipinski definition) is 3. The van der Waals surface area contributed by atoms with Crippen LogP contribution in [-0.2, 0) is 42.7 Å². The van der Waals surface area contributed by atoms with Gasteiger partial charge in [-0.3, -0.25) is 4.79 Å². The number of rotatable bonds is 11. The van der Waals surface area contributed by atoms with E-state index in [1.54, 1.807) is 78.0 Å². The van der Waals surface area contributed by atoms with Crippen LogP contribution < -0.4 is 5.32 Å². The molecule has 13 atom stereocenters. The van der Waals surface area contributed by atoms with Crippen LogP contribution in [0.4, 0.5) is 4.79 Å². The molecule has 1 aromatic rings. The van der Waals surface area contributed by atoms with Crippen molar-refractivity contribution in [3.05, 3.63) is 59.7 Å². The predicted molar refractivity (Wildman–Crippen MR) is 214 cm³/mol. The first-order valence-corrected chi connectivity index (χ1v) is 20.7. The number of amides is 1. The molecule has 59 heavy (non-hydrogen) atoms. The molecule has 3 N–H and O–H groups in total. The lowest BCUT2D eigenvalue weighted by Gasteiger charge is -2.67. The van der Waals surface area contributed by atoms with Gasteiger partial charge < -0.3 is 48.7 Å². The molecule has 0 spiro atoms. The highest BCUT2D eigenvalue weighted by atomic mass is 16.7. The molecule has 14 heteroatoms. The first-order chi connectivity index (χ1) is 27.4. The maximum atomic E-state index is 14.5. The summed E-state index contributed by atoms with van der Waals surface area (Å²) in [4.78, 5) is 54.6. The van der Waals surface area contributed by atoms with Crippen LogP contribution in [0, 0.1) is 28.6 Å². The Kier molecular flexibility index (Phi) is 12.1. The number of alkyl carbamates (subject to hydrolysis) is 1. The van der Waals surface area contributed by atoms with Crippen LogP contribution in [0.25, 0.3) is 0 Å². The van der Waals surface area contributed by atoms with E-state index in [-0.39, 0.29) is 30.9 Å².